The fraction of sp³-hybridized carbons (Fsp3) is 0.350. The molecule has 0 aliphatic carbocycles. The van der Waals surface area contributed by atoms with Crippen molar-refractivity contribution in [1.29, 1.82) is 0 Å². The van der Waals surface area contributed by atoms with Crippen LogP contribution in [-0.2, 0) is 6.42 Å². The van der Waals surface area contributed by atoms with Gasteiger partial charge in [-0.1, -0.05) is 5.16 Å². The first-order valence-corrected chi connectivity index (χ1v) is 9.17. The number of benzene rings is 1. The van der Waals surface area contributed by atoms with Gasteiger partial charge in [0.1, 0.15) is 17.3 Å². The lowest BCUT2D eigenvalue weighted by molar-refractivity contribution is 0.313. The molecule has 8 heteroatoms. The van der Waals surface area contributed by atoms with E-state index in [0.29, 0.717) is 28.7 Å². The van der Waals surface area contributed by atoms with Gasteiger partial charge in [0.05, 0.1) is 13.5 Å². The van der Waals surface area contributed by atoms with Crippen LogP contribution in [0.4, 0.5) is 10.1 Å². The topological polar surface area (TPSA) is 67.5 Å². The summed E-state index contributed by atoms with van der Waals surface area (Å²) in [6.07, 6.45) is 2.04. The van der Waals surface area contributed by atoms with Gasteiger partial charge in [0.15, 0.2) is 0 Å². The van der Waals surface area contributed by atoms with Crippen LogP contribution in [0.15, 0.2) is 41.1 Å². The lowest BCUT2D eigenvalue weighted by atomic mass is 10.1. The molecule has 0 N–H and O–H groups in total. The maximum atomic E-state index is 13.6. The van der Waals surface area contributed by atoms with Crippen molar-refractivity contribution in [1.82, 2.24) is 20.0 Å². The van der Waals surface area contributed by atoms with Crippen molar-refractivity contribution in [3.8, 4) is 17.3 Å². The number of likely N-dealkylation sites (N-methyl/N-ethyl adjacent to an activating group) is 1. The van der Waals surface area contributed by atoms with E-state index in [9.17, 15) is 4.39 Å². The van der Waals surface area contributed by atoms with Crippen LogP contribution in [0.25, 0.3) is 11.5 Å². The number of hydrogen-bond donors (Lipinski definition) is 0. The Morgan fingerprint density at radius 1 is 1.14 bits per heavy atom. The molecule has 0 atom stereocenters. The summed E-state index contributed by atoms with van der Waals surface area (Å²) < 4.78 is 24.2. The molecule has 1 saturated heterocycles. The number of rotatable bonds is 5. The third kappa shape index (κ3) is 3.96. The Balaban J connectivity index is 1.53. The lowest BCUT2D eigenvalue weighted by Gasteiger charge is -2.34. The summed E-state index contributed by atoms with van der Waals surface area (Å²) in [7, 11) is 3.67. The van der Waals surface area contributed by atoms with Gasteiger partial charge in [0.2, 0.25) is 11.7 Å². The molecular formula is C20H22FN5O2. The number of anilines is 1. The summed E-state index contributed by atoms with van der Waals surface area (Å²) in [5.74, 6) is 1.04. The fourth-order valence-electron chi connectivity index (χ4n) is 3.28. The van der Waals surface area contributed by atoms with Crippen LogP contribution in [0.1, 0.15) is 11.5 Å². The van der Waals surface area contributed by atoms with Crippen molar-refractivity contribution in [2.45, 2.75) is 6.42 Å². The summed E-state index contributed by atoms with van der Waals surface area (Å²) >= 11 is 0. The van der Waals surface area contributed by atoms with Crippen LogP contribution in [0, 0.1) is 5.82 Å². The van der Waals surface area contributed by atoms with Crippen LogP contribution < -0.4 is 9.64 Å². The van der Waals surface area contributed by atoms with E-state index in [1.165, 1.54) is 12.1 Å². The monoisotopic (exact) mass is 383 g/mol. The maximum Gasteiger partial charge on any atom is 0.231 e. The summed E-state index contributed by atoms with van der Waals surface area (Å²) in [6.45, 7) is 3.99. The first-order valence-electron chi connectivity index (χ1n) is 9.17. The standard InChI is InChI=1S/C20H22FN5O2/c1-25-7-9-26(10-8-25)16-5-6-22-17(13-16)20-23-19(28-24-20)12-14-11-15(21)3-4-18(14)27-2/h3-6,11,13H,7-10,12H2,1-2H3. The zero-order chi connectivity index (χ0) is 19.5. The molecule has 2 aromatic heterocycles. The van der Waals surface area contributed by atoms with Gasteiger partial charge in [0.25, 0.3) is 0 Å². The molecule has 0 unspecified atom stereocenters. The highest BCUT2D eigenvalue weighted by Gasteiger charge is 2.17. The van der Waals surface area contributed by atoms with Crippen molar-refractivity contribution in [3.63, 3.8) is 0 Å². The van der Waals surface area contributed by atoms with Crippen molar-refractivity contribution in [2.24, 2.45) is 0 Å². The average Bonchev–Trinajstić information content (AvgIpc) is 3.17. The normalized spacial score (nSPS) is 15.0. The molecule has 1 fully saturated rings. The largest absolute Gasteiger partial charge is 0.496 e. The molecule has 0 bridgehead atoms. The van der Waals surface area contributed by atoms with Gasteiger partial charge in [-0.05, 0) is 37.4 Å². The number of methoxy groups -OCH3 is 1. The Labute approximate surface area is 162 Å². The Morgan fingerprint density at radius 3 is 2.75 bits per heavy atom. The fourth-order valence-corrected chi connectivity index (χ4v) is 3.28. The van der Waals surface area contributed by atoms with Crippen molar-refractivity contribution in [3.05, 3.63) is 53.8 Å². The first kappa shape index (κ1) is 18.4. The van der Waals surface area contributed by atoms with E-state index in [4.69, 9.17) is 9.26 Å². The van der Waals surface area contributed by atoms with E-state index in [0.717, 1.165) is 31.9 Å². The number of hydrogen-bond acceptors (Lipinski definition) is 7. The van der Waals surface area contributed by atoms with Crippen molar-refractivity contribution in [2.75, 3.05) is 45.2 Å². The van der Waals surface area contributed by atoms with Crippen molar-refractivity contribution < 1.29 is 13.7 Å². The molecule has 146 valence electrons. The summed E-state index contributed by atoms with van der Waals surface area (Å²) in [6, 6.07) is 8.32. The summed E-state index contributed by atoms with van der Waals surface area (Å²) in [5, 5.41) is 4.05. The summed E-state index contributed by atoms with van der Waals surface area (Å²) in [5.41, 5.74) is 2.39. The van der Waals surface area contributed by atoms with Crippen LogP contribution in [-0.4, -0.2) is 60.4 Å². The molecule has 1 aliphatic rings. The van der Waals surface area contributed by atoms with Crippen LogP contribution in [0.5, 0.6) is 5.75 Å². The quantitative estimate of drug-likeness (QED) is 0.671. The molecule has 0 radical (unpaired) electrons. The predicted octanol–water partition coefficient (Wildman–Crippen LogP) is 2.62. The Bertz CT molecular complexity index is 953. The van der Waals surface area contributed by atoms with Gasteiger partial charge in [-0.2, -0.15) is 4.98 Å². The SMILES string of the molecule is COc1ccc(F)cc1Cc1nc(-c2cc(N3CCN(C)CC3)ccn2)no1. The molecule has 4 rings (SSSR count). The molecule has 28 heavy (non-hydrogen) atoms. The molecular weight excluding hydrogens is 361 g/mol. The highest BCUT2D eigenvalue weighted by Crippen LogP contribution is 2.24. The van der Waals surface area contributed by atoms with E-state index < -0.39 is 0 Å². The van der Waals surface area contributed by atoms with Crippen LogP contribution >= 0.6 is 0 Å². The number of halogens is 1. The zero-order valence-electron chi connectivity index (χ0n) is 15.9. The van der Waals surface area contributed by atoms with Gasteiger partial charge in [-0.15, -0.1) is 0 Å². The van der Waals surface area contributed by atoms with Gasteiger partial charge < -0.3 is 19.1 Å². The number of aromatic nitrogens is 3. The van der Waals surface area contributed by atoms with Gasteiger partial charge in [-0.3, -0.25) is 4.98 Å². The minimum Gasteiger partial charge on any atom is -0.496 e. The second-order valence-electron chi connectivity index (χ2n) is 6.83. The van der Waals surface area contributed by atoms with E-state index in [2.05, 4.69) is 32.0 Å². The molecule has 0 saturated carbocycles. The Hall–Kier alpha value is -3.00. The van der Waals surface area contributed by atoms with Gasteiger partial charge in [-0.25, -0.2) is 4.39 Å². The molecule has 1 aliphatic heterocycles. The number of piperazine rings is 1. The highest BCUT2D eigenvalue weighted by atomic mass is 19.1. The van der Waals surface area contributed by atoms with Crippen LogP contribution in [0.3, 0.4) is 0 Å². The van der Waals surface area contributed by atoms with E-state index >= 15 is 0 Å². The van der Waals surface area contributed by atoms with E-state index in [1.807, 2.05) is 12.1 Å². The second kappa shape index (κ2) is 7.93. The molecule has 0 spiro atoms. The first-order chi connectivity index (χ1) is 13.6. The number of pyridine rings is 1. The van der Waals surface area contributed by atoms with Gasteiger partial charge >= 0.3 is 0 Å². The van der Waals surface area contributed by atoms with Crippen LogP contribution in [0.2, 0.25) is 0 Å². The smallest absolute Gasteiger partial charge is 0.231 e. The third-order valence-corrected chi connectivity index (χ3v) is 4.89. The second-order valence-corrected chi connectivity index (χ2v) is 6.83. The maximum absolute atomic E-state index is 13.6. The summed E-state index contributed by atoms with van der Waals surface area (Å²) in [4.78, 5) is 13.4. The molecule has 3 aromatic rings. The minimum atomic E-state index is -0.336. The Morgan fingerprint density at radius 2 is 1.96 bits per heavy atom. The molecule has 7 nitrogen and oxygen atoms in total. The molecule has 3 heterocycles. The Kier molecular flexibility index (Phi) is 5.21. The lowest BCUT2D eigenvalue weighted by Crippen LogP contribution is -2.44. The molecule has 1 aromatic carbocycles. The molecule has 0 amide bonds. The predicted molar refractivity (Wildman–Crippen MR) is 103 cm³/mol. The van der Waals surface area contributed by atoms with E-state index in [1.54, 1.807) is 19.4 Å². The highest BCUT2D eigenvalue weighted by molar-refractivity contribution is 5.58. The number of ether oxygens (including phenoxy) is 1. The van der Waals surface area contributed by atoms with Crippen molar-refractivity contribution >= 4 is 5.69 Å². The van der Waals surface area contributed by atoms with E-state index in [-0.39, 0.29) is 12.2 Å². The van der Waals surface area contributed by atoms with Gasteiger partial charge in [0, 0.05) is 43.6 Å². The minimum absolute atomic E-state index is 0.284. The zero-order valence-corrected chi connectivity index (χ0v) is 15.9. The number of nitrogens with zero attached hydrogens (tertiary/aromatic N) is 5. The average molecular weight is 383 g/mol. The third-order valence-electron chi connectivity index (χ3n) is 4.89.